The molecule has 0 saturated heterocycles. The smallest absolute Gasteiger partial charge is 0.338 e. The van der Waals surface area contributed by atoms with Gasteiger partial charge in [0.15, 0.2) is 18.1 Å². The summed E-state index contributed by atoms with van der Waals surface area (Å²) in [7, 11) is 1.52. The van der Waals surface area contributed by atoms with Gasteiger partial charge in [0.05, 0.1) is 24.8 Å². The number of rotatable bonds is 9. The number of carbonyl (C=O) groups excluding carboxylic acids is 1. The number of carbonyl (C=O) groups is 1. The first-order chi connectivity index (χ1) is 14.0. The van der Waals surface area contributed by atoms with Gasteiger partial charge < -0.3 is 23.0 Å². The van der Waals surface area contributed by atoms with Crippen molar-refractivity contribution in [3.8, 4) is 23.0 Å². The second-order valence-electron chi connectivity index (χ2n) is 6.47. The summed E-state index contributed by atoms with van der Waals surface area (Å²) in [6.45, 7) is 6.19. The van der Waals surface area contributed by atoms with Crippen LogP contribution in [0.15, 0.2) is 33.1 Å². The molecular formula is C21H24N2O6. The Labute approximate surface area is 168 Å². The van der Waals surface area contributed by atoms with E-state index in [2.05, 4.69) is 17.1 Å². The number of aromatic nitrogens is 2. The largest absolute Gasteiger partial charge is 0.493 e. The molecule has 0 fully saturated rings. The maximum Gasteiger partial charge on any atom is 0.338 e. The van der Waals surface area contributed by atoms with Crippen molar-refractivity contribution >= 4 is 5.97 Å². The molecule has 0 saturated carbocycles. The molecule has 0 N–H and O–H groups in total. The van der Waals surface area contributed by atoms with E-state index < -0.39 is 5.97 Å². The fraction of sp³-hybridized carbons (Fsp3) is 0.381. The van der Waals surface area contributed by atoms with Crippen LogP contribution < -0.4 is 9.47 Å². The van der Waals surface area contributed by atoms with Crippen molar-refractivity contribution in [2.24, 2.45) is 0 Å². The van der Waals surface area contributed by atoms with E-state index in [0.717, 1.165) is 24.2 Å². The summed E-state index contributed by atoms with van der Waals surface area (Å²) in [5, 5.41) is 7.90. The van der Waals surface area contributed by atoms with Crippen LogP contribution in [0.5, 0.6) is 11.5 Å². The second kappa shape index (κ2) is 9.27. The summed E-state index contributed by atoms with van der Waals surface area (Å²) in [6, 6.07) is 6.72. The van der Waals surface area contributed by atoms with Crippen LogP contribution in [0, 0.1) is 13.8 Å². The normalized spacial score (nSPS) is 10.8. The quantitative estimate of drug-likeness (QED) is 0.383. The van der Waals surface area contributed by atoms with E-state index in [1.165, 1.54) is 7.11 Å². The first kappa shape index (κ1) is 20.4. The number of ether oxygens (including phenoxy) is 3. The summed E-state index contributed by atoms with van der Waals surface area (Å²) in [5.74, 6) is 2.48. The van der Waals surface area contributed by atoms with E-state index in [1.54, 1.807) is 18.2 Å². The van der Waals surface area contributed by atoms with Gasteiger partial charge in [-0.25, -0.2) is 4.79 Å². The van der Waals surface area contributed by atoms with Crippen molar-refractivity contribution in [3.63, 3.8) is 0 Å². The molecule has 0 atom stereocenters. The number of hydrogen-bond donors (Lipinski definition) is 0. The number of unbranched alkanes of at least 4 members (excludes halogenated alkanes) is 1. The van der Waals surface area contributed by atoms with Gasteiger partial charge in [0, 0.05) is 0 Å². The highest BCUT2D eigenvalue weighted by molar-refractivity contribution is 5.90. The van der Waals surface area contributed by atoms with Gasteiger partial charge in [0.2, 0.25) is 0 Å². The fourth-order valence-electron chi connectivity index (χ4n) is 2.71. The lowest BCUT2D eigenvalue weighted by Crippen LogP contribution is -2.06. The zero-order valence-corrected chi connectivity index (χ0v) is 17.0. The van der Waals surface area contributed by atoms with Gasteiger partial charge >= 0.3 is 5.97 Å². The highest BCUT2D eigenvalue weighted by Crippen LogP contribution is 2.29. The molecule has 8 nitrogen and oxygen atoms in total. The minimum absolute atomic E-state index is 0.140. The molecule has 154 valence electrons. The topological polar surface area (TPSA) is 96.8 Å². The van der Waals surface area contributed by atoms with Crippen molar-refractivity contribution < 1.29 is 27.8 Å². The molecule has 0 amide bonds. The standard InChI is InChI=1S/C21H24N2O6/c1-5-6-9-26-17-8-7-15(11-18(17)25-4)21(24)27-12-19-22-23-20(29-19)16-10-13(2)28-14(16)3/h7-8,10-11H,5-6,9,12H2,1-4H3. The molecule has 3 aromatic rings. The van der Waals surface area contributed by atoms with Crippen LogP contribution in [-0.2, 0) is 11.3 Å². The lowest BCUT2D eigenvalue weighted by Gasteiger charge is -2.11. The molecule has 2 heterocycles. The van der Waals surface area contributed by atoms with Crippen LogP contribution in [0.3, 0.4) is 0 Å². The molecule has 0 bridgehead atoms. The van der Waals surface area contributed by atoms with Crippen molar-refractivity contribution in [2.45, 2.75) is 40.2 Å². The molecule has 0 aliphatic carbocycles. The molecule has 3 rings (SSSR count). The molecular weight excluding hydrogens is 376 g/mol. The van der Waals surface area contributed by atoms with Crippen LogP contribution in [0.1, 0.15) is 47.5 Å². The summed E-state index contributed by atoms with van der Waals surface area (Å²) in [4.78, 5) is 12.4. The minimum Gasteiger partial charge on any atom is -0.493 e. The van der Waals surface area contributed by atoms with E-state index in [9.17, 15) is 4.79 Å². The maximum absolute atomic E-state index is 12.4. The maximum atomic E-state index is 12.4. The average molecular weight is 400 g/mol. The van der Waals surface area contributed by atoms with E-state index in [1.807, 2.05) is 19.9 Å². The molecule has 0 aliphatic heterocycles. The highest BCUT2D eigenvalue weighted by atomic mass is 16.5. The Hall–Kier alpha value is -3.29. The SMILES string of the molecule is CCCCOc1ccc(C(=O)OCc2nnc(-c3cc(C)oc3C)o2)cc1OC. The number of hydrogen-bond acceptors (Lipinski definition) is 8. The molecule has 0 aliphatic rings. The van der Waals surface area contributed by atoms with E-state index in [-0.39, 0.29) is 12.5 Å². The monoisotopic (exact) mass is 400 g/mol. The number of esters is 1. The van der Waals surface area contributed by atoms with Crippen LogP contribution in [0.2, 0.25) is 0 Å². The predicted molar refractivity (Wildman–Crippen MR) is 104 cm³/mol. The first-order valence-electron chi connectivity index (χ1n) is 9.39. The Morgan fingerprint density at radius 1 is 1.10 bits per heavy atom. The van der Waals surface area contributed by atoms with Crippen molar-refractivity contribution in [3.05, 3.63) is 47.2 Å². The molecule has 0 spiro atoms. The van der Waals surface area contributed by atoms with Gasteiger partial charge in [0.25, 0.3) is 11.8 Å². The Balaban J connectivity index is 1.63. The van der Waals surface area contributed by atoms with E-state index in [4.69, 9.17) is 23.0 Å². The van der Waals surface area contributed by atoms with Crippen LogP contribution in [-0.4, -0.2) is 29.9 Å². The Kier molecular flexibility index (Phi) is 6.54. The molecule has 2 aromatic heterocycles. The van der Waals surface area contributed by atoms with Crippen LogP contribution >= 0.6 is 0 Å². The van der Waals surface area contributed by atoms with Gasteiger partial charge in [-0.2, -0.15) is 0 Å². The summed E-state index contributed by atoms with van der Waals surface area (Å²) >= 11 is 0. The first-order valence-corrected chi connectivity index (χ1v) is 9.39. The Morgan fingerprint density at radius 3 is 2.62 bits per heavy atom. The van der Waals surface area contributed by atoms with Gasteiger partial charge in [-0.15, -0.1) is 10.2 Å². The lowest BCUT2D eigenvalue weighted by atomic mass is 10.2. The number of methoxy groups -OCH3 is 1. The van der Waals surface area contributed by atoms with Gasteiger partial charge in [-0.3, -0.25) is 0 Å². The second-order valence-corrected chi connectivity index (χ2v) is 6.47. The number of aryl methyl sites for hydroxylation is 2. The van der Waals surface area contributed by atoms with Crippen LogP contribution in [0.25, 0.3) is 11.5 Å². The minimum atomic E-state index is -0.529. The molecule has 1 aromatic carbocycles. The zero-order chi connectivity index (χ0) is 20.8. The Morgan fingerprint density at radius 2 is 1.93 bits per heavy atom. The van der Waals surface area contributed by atoms with Crippen molar-refractivity contribution in [1.82, 2.24) is 10.2 Å². The van der Waals surface area contributed by atoms with Crippen molar-refractivity contribution in [2.75, 3.05) is 13.7 Å². The van der Waals surface area contributed by atoms with Crippen LogP contribution in [0.4, 0.5) is 0 Å². The molecule has 8 heteroatoms. The average Bonchev–Trinajstić information content (AvgIpc) is 3.32. The third kappa shape index (κ3) is 4.96. The molecule has 0 radical (unpaired) electrons. The molecule has 29 heavy (non-hydrogen) atoms. The third-order valence-corrected chi connectivity index (χ3v) is 4.22. The predicted octanol–water partition coefficient (Wildman–Crippen LogP) is 4.49. The van der Waals surface area contributed by atoms with Gasteiger partial charge in [-0.1, -0.05) is 13.3 Å². The number of furan rings is 1. The third-order valence-electron chi connectivity index (χ3n) is 4.22. The number of benzene rings is 1. The fourth-order valence-corrected chi connectivity index (χ4v) is 2.71. The Bertz CT molecular complexity index is 975. The summed E-state index contributed by atoms with van der Waals surface area (Å²) in [5.41, 5.74) is 1.06. The van der Waals surface area contributed by atoms with Crippen molar-refractivity contribution in [1.29, 1.82) is 0 Å². The molecule has 0 unspecified atom stereocenters. The van der Waals surface area contributed by atoms with Gasteiger partial charge in [0.1, 0.15) is 11.5 Å². The highest BCUT2D eigenvalue weighted by Gasteiger charge is 2.17. The lowest BCUT2D eigenvalue weighted by molar-refractivity contribution is 0.0438. The van der Waals surface area contributed by atoms with Gasteiger partial charge in [-0.05, 0) is 44.5 Å². The van der Waals surface area contributed by atoms with E-state index >= 15 is 0 Å². The van der Waals surface area contributed by atoms with E-state index in [0.29, 0.717) is 35.3 Å². The summed E-state index contributed by atoms with van der Waals surface area (Å²) < 4.78 is 27.3. The zero-order valence-electron chi connectivity index (χ0n) is 17.0. The number of nitrogens with zero attached hydrogens (tertiary/aromatic N) is 2. The summed E-state index contributed by atoms with van der Waals surface area (Å²) in [6.07, 6.45) is 1.97.